The molecule has 0 radical (unpaired) electrons. The molecule has 0 aromatic heterocycles. The third kappa shape index (κ3) is 4.65. The van der Waals surface area contributed by atoms with E-state index >= 15 is 0 Å². The van der Waals surface area contributed by atoms with E-state index in [2.05, 4.69) is 3.07 Å². The molecule has 5 heavy (non-hydrogen) atoms. The molecule has 0 rings (SSSR count). The van der Waals surface area contributed by atoms with Gasteiger partial charge in [-0.25, -0.2) is 0 Å². The van der Waals surface area contributed by atoms with E-state index in [0.29, 0.717) is 13.2 Å². The van der Waals surface area contributed by atoms with E-state index < -0.39 is 0 Å². The zero-order valence-corrected chi connectivity index (χ0v) is 4.94. The van der Waals surface area contributed by atoms with Gasteiger partial charge in [-0.05, 0) is 0 Å². The van der Waals surface area contributed by atoms with Gasteiger partial charge in [0.15, 0.2) is 0 Å². The van der Waals surface area contributed by atoms with Crippen LogP contribution in [-0.4, -0.2) is 13.2 Å². The number of hydrogen-bond donors (Lipinski definition) is 1. The zero-order valence-electron chi connectivity index (χ0n) is 2.78. The summed E-state index contributed by atoms with van der Waals surface area (Å²) >= 11 is 1.81. The van der Waals surface area contributed by atoms with Gasteiger partial charge >= 0.3 is 0 Å². The molecular weight excluding hydrogens is 181 g/mol. The normalized spacial score (nSPS) is 8.40. The van der Waals surface area contributed by atoms with Gasteiger partial charge in [0.1, 0.15) is 23.0 Å². The lowest BCUT2D eigenvalue weighted by Crippen LogP contribution is -2.03. The lowest BCUT2D eigenvalue weighted by molar-refractivity contribution is 0.439. The molecule has 0 heterocycles. The van der Waals surface area contributed by atoms with Crippen molar-refractivity contribution >= 4 is 23.0 Å². The summed E-state index contributed by atoms with van der Waals surface area (Å²) in [6.07, 6.45) is 0. The maximum Gasteiger partial charge on any atom is 0.109 e. The first-order valence-corrected chi connectivity index (χ1v) is 2.23. The van der Waals surface area contributed by atoms with E-state index in [1.165, 1.54) is 0 Å². The Morgan fingerprint density at radius 3 is 2.40 bits per heavy atom. The number of hydrogen-bond acceptors (Lipinski definition) is 2. The fourth-order valence-corrected chi connectivity index (χ4v) is 0.299. The molecule has 0 aromatic carbocycles. The highest BCUT2D eigenvalue weighted by molar-refractivity contribution is 14.1. The van der Waals surface area contributed by atoms with Gasteiger partial charge in [0, 0.05) is 6.54 Å². The lowest BCUT2D eigenvalue weighted by Gasteiger charge is -1.81. The van der Waals surface area contributed by atoms with Gasteiger partial charge in [-0.15, -0.1) is 0 Å². The average Bonchev–Trinajstić information content (AvgIpc) is 1.41. The van der Waals surface area contributed by atoms with Crippen LogP contribution in [0.5, 0.6) is 0 Å². The van der Waals surface area contributed by atoms with Crippen molar-refractivity contribution in [1.82, 2.24) is 0 Å². The smallest absolute Gasteiger partial charge is 0.109 e. The molecule has 0 saturated heterocycles. The molecule has 2 nitrogen and oxygen atoms in total. The van der Waals surface area contributed by atoms with Gasteiger partial charge in [0.05, 0.1) is 6.61 Å². The Hall–Kier alpha value is 0.650. The fourth-order valence-electron chi connectivity index (χ4n) is 0.0445. The Balaban J connectivity index is 2.19. The Kier molecular flexibility index (Phi) is 5.25. The summed E-state index contributed by atoms with van der Waals surface area (Å²) in [4.78, 5) is 0. The van der Waals surface area contributed by atoms with E-state index in [9.17, 15) is 0 Å². The predicted octanol–water partition coefficient (Wildman–Crippen LogP) is 0.312. The van der Waals surface area contributed by atoms with Gasteiger partial charge in [-0.2, -0.15) is 0 Å². The highest BCUT2D eigenvalue weighted by atomic mass is 127. The van der Waals surface area contributed by atoms with Gasteiger partial charge in [-0.1, -0.05) is 0 Å². The minimum Gasteiger partial charge on any atom is -0.328 e. The summed E-state index contributed by atoms with van der Waals surface area (Å²) in [5.41, 5.74) is 5.01. The van der Waals surface area contributed by atoms with E-state index in [0.717, 1.165) is 0 Å². The third-order valence-electron chi connectivity index (χ3n) is 0.195. The summed E-state index contributed by atoms with van der Waals surface area (Å²) < 4.78 is 4.54. The molecule has 0 aliphatic rings. The van der Waals surface area contributed by atoms with Crippen LogP contribution >= 0.6 is 23.0 Å². The van der Waals surface area contributed by atoms with Crippen LogP contribution < -0.4 is 5.73 Å². The van der Waals surface area contributed by atoms with Crippen molar-refractivity contribution in [3.8, 4) is 0 Å². The SMILES string of the molecule is NCCOI. The summed E-state index contributed by atoms with van der Waals surface area (Å²) in [6.45, 7) is 1.27. The quantitative estimate of drug-likeness (QED) is 0.631. The molecule has 0 amide bonds. The van der Waals surface area contributed by atoms with Gasteiger partial charge in [0.2, 0.25) is 0 Å². The van der Waals surface area contributed by atoms with Crippen LogP contribution in [0.1, 0.15) is 0 Å². The molecule has 2 N–H and O–H groups in total. The van der Waals surface area contributed by atoms with E-state index in [1.54, 1.807) is 0 Å². The zero-order chi connectivity index (χ0) is 4.12. The lowest BCUT2D eigenvalue weighted by atomic mass is 10.8. The molecule has 0 bridgehead atoms. The maximum absolute atomic E-state index is 5.01. The second-order valence-corrected chi connectivity index (χ2v) is 1.22. The second-order valence-electron chi connectivity index (χ2n) is 0.602. The van der Waals surface area contributed by atoms with Gasteiger partial charge < -0.3 is 8.80 Å². The largest absolute Gasteiger partial charge is 0.328 e. The average molecular weight is 187 g/mol. The highest BCUT2D eigenvalue weighted by Gasteiger charge is 1.68. The molecule has 0 saturated carbocycles. The first-order chi connectivity index (χ1) is 2.41. The van der Waals surface area contributed by atoms with Crippen LogP contribution in [0.25, 0.3) is 0 Å². The van der Waals surface area contributed by atoms with Crippen molar-refractivity contribution in [2.45, 2.75) is 0 Å². The van der Waals surface area contributed by atoms with E-state index in [4.69, 9.17) is 5.73 Å². The minimum atomic E-state index is 0.614. The molecule has 0 aromatic rings. The molecular formula is C2H6INO. The number of rotatable bonds is 2. The topological polar surface area (TPSA) is 35.2 Å². The van der Waals surface area contributed by atoms with Crippen LogP contribution in [0.2, 0.25) is 0 Å². The predicted molar refractivity (Wildman–Crippen MR) is 29.0 cm³/mol. The molecule has 0 unspecified atom stereocenters. The summed E-state index contributed by atoms with van der Waals surface area (Å²) in [5, 5.41) is 0. The molecule has 3 heteroatoms. The second kappa shape index (κ2) is 4.65. The van der Waals surface area contributed by atoms with Crippen molar-refractivity contribution in [3.63, 3.8) is 0 Å². The van der Waals surface area contributed by atoms with Crippen LogP contribution in [-0.2, 0) is 3.07 Å². The van der Waals surface area contributed by atoms with Crippen LogP contribution in [0, 0.1) is 0 Å². The Morgan fingerprint density at radius 2 is 2.40 bits per heavy atom. The summed E-state index contributed by atoms with van der Waals surface area (Å²) in [7, 11) is 0. The van der Waals surface area contributed by atoms with Crippen molar-refractivity contribution in [3.05, 3.63) is 0 Å². The summed E-state index contributed by atoms with van der Waals surface area (Å²) in [6, 6.07) is 0. The standard InChI is InChI=1S/C2H6INO/c3-5-2-1-4/h1-2,4H2. The monoisotopic (exact) mass is 187 g/mol. The van der Waals surface area contributed by atoms with Crippen LogP contribution in [0.3, 0.4) is 0 Å². The van der Waals surface area contributed by atoms with Crippen LogP contribution in [0.15, 0.2) is 0 Å². The van der Waals surface area contributed by atoms with Crippen molar-refractivity contribution < 1.29 is 3.07 Å². The highest BCUT2D eigenvalue weighted by Crippen LogP contribution is 1.78. The Morgan fingerprint density at radius 1 is 1.80 bits per heavy atom. The van der Waals surface area contributed by atoms with Crippen LogP contribution in [0.4, 0.5) is 0 Å². The molecule has 0 aliphatic carbocycles. The first-order valence-electron chi connectivity index (χ1n) is 1.35. The fraction of sp³-hybridized carbons (Fsp3) is 1.00. The van der Waals surface area contributed by atoms with Crippen molar-refractivity contribution in [2.24, 2.45) is 5.73 Å². The molecule has 0 spiro atoms. The Labute approximate surface area is 45.4 Å². The van der Waals surface area contributed by atoms with E-state index in [-0.39, 0.29) is 0 Å². The molecule has 0 atom stereocenters. The van der Waals surface area contributed by atoms with Crippen molar-refractivity contribution in [2.75, 3.05) is 13.2 Å². The number of nitrogens with two attached hydrogens (primary N) is 1. The van der Waals surface area contributed by atoms with Gasteiger partial charge in [0.25, 0.3) is 0 Å². The summed E-state index contributed by atoms with van der Waals surface area (Å²) in [5.74, 6) is 0. The molecule has 0 fully saturated rings. The minimum absolute atomic E-state index is 0.614. The Bertz CT molecular complexity index is 17.1. The van der Waals surface area contributed by atoms with E-state index in [1.807, 2.05) is 23.0 Å². The maximum atomic E-state index is 5.01. The number of halogens is 1. The van der Waals surface area contributed by atoms with Crippen molar-refractivity contribution in [1.29, 1.82) is 0 Å². The molecule has 0 aliphatic heterocycles. The van der Waals surface area contributed by atoms with Gasteiger partial charge in [-0.3, -0.25) is 0 Å². The molecule has 32 valence electrons. The third-order valence-corrected chi connectivity index (χ3v) is 0.635. The first kappa shape index (κ1) is 5.65.